The minimum Gasteiger partial charge on any atom is -0.342 e. The van der Waals surface area contributed by atoms with E-state index in [0.29, 0.717) is 17.4 Å². The lowest BCUT2D eigenvalue weighted by Crippen LogP contribution is -2.38. The number of carbonyl (C=O) groups is 2. The summed E-state index contributed by atoms with van der Waals surface area (Å²) in [5.41, 5.74) is 1.52. The second-order valence-corrected chi connectivity index (χ2v) is 6.34. The molecule has 0 spiro atoms. The van der Waals surface area contributed by atoms with Crippen LogP contribution in [0.1, 0.15) is 60.1 Å². The maximum absolute atomic E-state index is 12.5. The molecule has 8 nitrogen and oxygen atoms in total. The lowest BCUT2D eigenvalue weighted by molar-refractivity contribution is -0.132. The summed E-state index contributed by atoms with van der Waals surface area (Å²) >= 11 is 0. The Balaban J connectivity index is 1.73. The van der Waals surface area contributed by atoms with E-state index in [1.54, 1.807) is 19.9 Å². The Bertz CT molecular complexity index is 779. The van der Waals surface area contributed by atoms with Gasteiger partial charge in [-0.1, -0.05) is 5.16 Å². The van der Waals surface area contributed by atoms with Crippen LogP contribution < -0.4 is 5.32 Å². The lowest BCUT2D eigenvalue weighted by Gasteiger charge is -2.35. The van der Waals surface area contributed by atoms with Gasteiger partial charge in [-0.3, -0.25) is 9.59 Å². The van der Waals surface area contributed by atoms with Crippen molar-refractivity contribution in [2.75, 3.05) is 6.54 Å². The molecule has 1 atom stereocenters. The van der Waals surface area contributed by atoms with E-state index in [2.05, 4.69) is 15.5 Å². The highest BCUT2D eigenvalue weighted by Gasteiger charge is 2.28. The molecule has 134 valence electrons. The number of nitrogens with one attached hydrogen (secondary N) is 1. The van der Waals surface area contributed by atoms with Crippen LogP contribution in [-0.2, 0) is 18.4 Å². The Hall–Kier alpha value is -2.64. The number of aryl methyl sites for hydroxylation is 1. The number of likely N-dealkylation sites (tertiary alicyclic amines) is 1. The first-order valence-corrected chi connectivity index (χ1v) is 8.47. The van der Waals surface area contributed by atoms with Crippen molar-refractivity contribution in [1.29, 1.82) is 0 Å². The van der Waals surface area contributed by atoms with Gasteiger partial charge >= 0.3 is 0 Å². The van der Waals surface area contributed by atoms with E-state index in [1.165, 1.54) is 0 Å². The van der Waals surface area contributed by atoms with Crippen molar-refractivity contribution >= 4 is 11.8 Å². The Morgan fingerprint density at radius 3 is 2.84 bits per heavy atom. The summed E-state index contributed by atoms with van der Waals surface area (Å²) in [4.78, 5) is 30.3. The van der Waals surface area contributed by atoms with Gasteiger partial charge in [-0.05, 0) is 38.3 Å². The van der Waals surface area contributed by atoms with Crippen molar-refractivity contribution in [2.45, 2.75) is 45.7 Å². The van der Waals surface area contributed by atoms with Gasteiger partial charge in [0.1, 0.15) is 5.69 Å². The number of aromatic nitrogens is 3. The van der Waals surface area contributed by atoms with Crippen LogP contribution in [0, 0.1) is 6.92 Å². The van der Waals surface area contributed by atoms with Crippen molar-refractivity contribution in [1.82, 2.24) is 24.9 Å². The summed E-state index contributed by atoms with van der Waals surface area (Å²) in [5, 5.41) is 6.48. The van der Waals surface area contributed by atoms with E-state index in [9.17, 15) is 9.59 Å². The first-order chi connectivity index (χ1) is 12.0. The zero-order valence-electron chi connectivity index (χ0n) is 14.8. The molecule has 0 saturated carbocycles. The molecule has 2 aromatic rings. The van der Waals surface area contributed by atoms with E-state index < -0.39 is 0 Å². The van der Waals surface area contributed by atoms with Gasteiger partial charge in [0.2, 0.25) is 11.8 Å². The van der Waals surface area contributed by atoms with Gasteiger partial charge in [-0.25, -0.2) is 0 Å². The van der Waals surface area contributed by atoms with Crippen molar-refractivity contribution in [3.8, 4) is 0 Å². The number of piperidine rings is 1. The fourth-order valence-electron chi connectivity index (χ4n) is 3.36. The van der Waals surface area contributed by atoms with Gasteiger partial charge in [0, 0.05) is 26.2 Å². The van der Waals surface area contributed by atoms with Gasteiger partial charge in [0.15, 0.2) is 5.82 Å². The normalized spacial score (nSPS) is 17.6. The number of hydrogen-bond acceptors (Lipinski definition) is 5. The summed E-state index contributed by atoms with van der Waals surface area (Å²) in [6, 6.07) is 3.74. The topological polar surface area (TPSA) is 93.3 Å². The van der Waals surface area contributed by atoms with Crippen molar-refractivity contribution in [2.24, 2.45) is 7.05 Å². The van der Waals surface area contributed by atoms with Crippen LogP contribution in [-0.4, -0.2) is 38.0 Å². The summed E-state index contributed by atoms with van der Waals surface area (Å²) in [5.74, 6) is 0.765. The Labute approximate surface area is 146 Å². The predicted octanol–water partition coefficient (Wildman–Crippen LogP) is 1.72. The molecule has 0 aliphatic carbocycles. The molecule has 25 heavy (non-hydrogen) atoms. The third kappa shape index (κ3) is 3.57. The van der Waals surface area contributed by atoms with Crippen LogP contribution in [0.25, 0.3) is 0 Å². The van der Waals surface area contributed by atoms with Crippen LogP contribution in [0.15, 0.2) is 16.7 Å². The average Bonchev–Trinajstić information content (AvgIpc) is 3.18. The van der Waals surface area contributed by atoms with Crippen molar-refractivity contribution < 1.29 is 14.1 Å². The third-order valence-corrected chi connectivity index (χ3v) is 4.61. The zero-order chi connectivity index (χ0) is 18.0. The monoisotopic (exact) mass is 345 g/mol. The predicted molar refractivity (Wildman–Crippen MR) is 89.6 cm³/mol. The fraction of sp³-hybridized carbons (Fsp3) is 0.529. The molecule has 1 unspecified atom stereocenters. The lowest BCUT2D eigenvalue weighted by atomic mass is 9.99. The zero-order valence-corrected chi connectivity index (χ0v) is 14.8. The van der Waals surface area contributed by atoms with Gasteiger partial charge in [-0.15, -0.1) is 0 Å². The van der Waals surface area contributed by atoms with E-state index in [4.69, 9.17) is 4.52 Å². The average molecular weight is 345 g/mol. The minimum atomic E-state index is -0.213. The maximum Gasteiger partial charge on any atom is 0.268 e. The molecular weight excluding hydrogens is 322 g/mol. The van der Waals surface area contributed by atoms with Crippen LogP contribution >= 0.6 is 0 Å². The maximum atomic E-state index is 12.5. The standard InChI is InChI=1S/C17H23N5O3/c1-11-19-16(25-20-11)10-18-17(24)15-8-7-13(21(15)3)14-6-4-5-9-22(14)12(2)23/h7-8,14H,4-6,9-10H2,1-3H3,(H,18,24). The van der Waals surface area contributed by atoms with E-state index in [1.807, 2.05) is 22.6 Å². The highest BCUT2D eigenvalue weighted by atomic mass is 16.5. The Morgan fingerprint density at radius 2 is 2.16 bits per heavy atom. The van der Waals surface area contributed by atoms with Crippen molar-refractivity contribution in [3.05, 3.63) is 35.2 Å². The van der Waals surface area contributed by atoms with Gasteiger partial charge < -0.3 is 19.3 Å². The second-order valence-electron chi connectivity index (χ2n) is 6.34. The number of rotatable bonds is 4. The SMILES string of the molecule is CC(=O)N1CCCCC1c1ccc(C(=O)NCc2nc(C)no2)n1C. The summed E-state index contributed by atoms with van der Waals surface area (Å²) in [6.07, 6.45) is 3.02. The first-order valence-electron chi connectivity index (χ1n) is 8.47. The number of nitrogens with zero attached hydrogens (tertiary/aromatic N) is 4. The van der Waals surface area contributed by atoms with Crippen LogP contribution in [0.5, 0.6) is 0 Å². The molecule has 2 amide bonds. The molecule has 3 heterocycles. The van der Waals surface area contributed by atoms with Crippen LogP contribution in [0.3, 0.4) is 0 Å². The number of carbonyl (C=O) groups excluding carboxylic acids is 2. The molecule has 0 radical (unpaired) electrons. The quantitative estimate of drug-likeness (QED) is 0.911. The van der Waals surface area contributed by atoms with E-state index in [-0.39, 0.29) is 24.4 Å². The van der Waals surface area contributed by atoms with Crippen molar-refractivity contribution in [3.63, 3.8) is 0 Å². The molecule has 2 aromatic heterocycles. The van der Waals surface area contributed by atoms with Gasteiger partial charge in [0.25, 0.3) is 5.91 Å². The molecule has 0 aromatic carbocycles. The molecule has 1 fully saturated rings. The Kier molecular flexibility index (Phi) is 4.87. The molecule has 1 aliphatic rings. The number of hydrogen-bond donors (Lipinski definition) is 1. The first kappa shape index (κ1) is 17.2. The van der Waals surface area contributed by atoms with Crippen LogP contribution in [0.4, 0.5) is 0 Å². The molecule has 8 heteroatoms. The smallest absolute Gasteiger partial charge is 0.268 e. The molecular formula is C17H23N5O3. The second kappa shape index (κ2) is 7.08. The van der Waals surface area contributed by atoms with E-state index >= 15 is 0 Å². The highest BCUT2D eigenvalue weighted by molar-refractivity contribution is 5.92. The molecule has 1 aliphatic heterocycles. The molecule has 1 N–H and O–H groups in total. The molecule has 0 bridgehead atoms. The summed E-state index contributed by atoms with van der Waals surface area (Å²) < 4.78 is 6.86. The molecule has 1 saturated heterocycles. The minimum absolute atomic E-state index is 0.0244. The highest BCUT2D eigenvalue weighted by Crippen LogP contribution is 2.31. The van der Waals surface area contributed by atoms with Gasteiger partial charge in [-0.2, -0.15) is 4.98 Å². The van der Waals surface area contributed by atoms with Crippen LogP contribution in [0.2, 0.25) is 0 Å². The molecule has 3 rings (SSSR count). The largest absolute Gasteiger partial charge is 0.342 e. The van der Waals surface area contributed by atoms with E-state index in [0.717, 1.165) is 31.5 Å². The summed E-state index contributed by atoms with van der Waals surface area (Å²) in [6.45, 7) is 4.27. The summed E-state index contributed by atoms with van der Waals surface area (Å²) in [7, 11) is 1.86. The Morgan fingerprint density at radius 1 is 1.36 bits per heavy atom. The van der Waals surface area contributed by atoms with Gasteiger partial charge in [0.05, 0.1) is 12.6 Å². The fourth-order valence-corrected chi connectivity index (χ4v) is 3.36. The number of amides is 2. The third-order valence-electron chi connectivity index (χ3n) is 4.61.